The van der Waals surface area contributed by atoms with Gasteiger partial charge in [-0.25, -0.2) is 0 Å². The largest absolute Gasteiger partial charge is 0.348 e. The Balaban J connectivity index is 2.47. The van der Waals surface area contributed by atoms with Gasteiger partial charge in [-0.3, -0.25) is 4.79 Å². The Kier molecular flexibility index (Phi) is 5.06. The quantitative estimate of drug-likeness (QED) is 0.607. The first-order chi connectivity index (χ1) is 7.74. The molecule has 2 heteroatoms. The third-order valence-electron chi connectivity index (χ3n) is 2.19. The van der Waals surface area contributed by atoms with Gasteiger partial charge in [-0.1, -0.05) is 48.6 Å². The molecule has 0 fully saturated rings. The second-order valence-electron chi connectivity index (χ2n) is 3.54. The lowest BCUT2D eigenvalue weighted by Gasteiger charge is -2.04. The average molecular weight is 215 g/mol. The first kappa shape index (κ1) is 12.2. The number of rotatable bonds is 4. The van der Waals surface area contributed by atoms with Crippen molar-refractivity contribution >= 4 is 5.91 Å². The number of hydrogen-bond acceptors (Lipinski definition) is 1. The predicted molar refractivity (Wildman–Crippen MR) is 66.9 cm³/mol. The van der Waals surface area contributed by atoms with Gasteiger partial charge in [0.2, 0.25) is 5.91 Å². The molecule has 2 nitrogen and oxygen atoms in total. The number of allylic oxidation sites excluding steroid dienone is 3. The summed E-state index contributed by atoms with van der Waals surface area (Å²) in [6, 6.07) is 9.87. The van der Waals surface area contributed by atoms with E-state index in [1.54, 1.807) is 13.0 Å². The molecule has 0 atom stereocenters. The molecule has 0 aromatic heterocycles. The van der Waals surface area contributed by atoms with Crippen molar-refractivity contribution in [1.82, 2.24) is 5.32 Å². The molecule has 0 aliphatic rings. The Morgan fingerprint density at radius 3 is 2.62 bits per heavy atom. The minimum Gasteiger partial charge on any atom is -0.348 e. The van der Waals surface area contributed by atoms with E-state index in [9.17, 15) is 4.79 Å². The molecule has 0 saturated carbocycles. The van der Waals surface area contributed by atoms with Crippen molar-refractivity contribution in [3.05, 3.63) is 59.7 Å². The minimum absolute atomic E-state index is 0.0260. The molecule has 1 aromatic carbocycles. The molecule has 1 rings (SSSR count). The summed E-state index contributed by atoms with van der Waals surface area (Å²) in [6.45, 7) is 4.30. The van der Waals surface area contributed by atoms with Crippen LogP contribution in [0.25, 0.3) is 0 Å². The van der Waals surface area contributed by atoms with E-state index >= 15 is 0 Å². The van der Waals surface area contributed by atoms with Crippen molar-refractivity contribution in [1.29, 1.82) is 0 Å². The summed E-state index contributed by atoms with van der Waals surface area (Å²) >= 11 is 0. The predicted octanol–water partition coefficient (Wildman–Crippen LogP) is 2.83. The highest BCUT2D eigenvalue weighted by molar-refractivity contribution is 5.92. The number of carbonyl (C=O) groups is 1. The molecule has 1 amide bonds. The summed E-state index contributed by atoms with van der Waals surface area (Å²) in [5.41, 5.74) is 1.82. The average Bonchev–Trinajstić information content (AvgIpc) is 2.34. The van der Waals surface area contributed by atoms with Crippen LogP contribution in [-0.4, -0.2) is 5.91 Å². The maximum Gasteiger partial charge on any atom is 0.247 e. The van der Waals surface area contributed by atoms with Gasteiger partial charge in [-0.2, -0.15) is 0 Å². The number of amides is 1. The van der Waals surface area contributed by atoms with E-state index in [1.165, 1.54) is 0 Å². The smallest absolute Gasteiger partial charge is 0.247 e. The Bertz CT molecular complexity index is 390. The van der Waals surface area contributed by atoms with Gasteiger partial charge in [-0.05, 0) is 19.4 Å². The summed E-state index contributed by atoms with van der Waals surface area (Å²) in [5, 5.41) is 2.87. The number of carbonyl (C=O) groups excluding carboxylic acids is 1. The van der Waals surface area contributed by atoms with E-state index < -0.39 is 0 Å². The molecule has 0 aliphatic heterocycles. The second kappa shape index (κ2) is 6.62. The second-order valence-corrected chi connectivity index (χ2v) is 3.54. The molecule has 0 bridgehead atoms. The van der Waals surface area contributed by atoms with Crippen molar-refractivity contribution in [3.8, 4) is 0 Å². The first-order valence-electron chi connectivity index (χ1n) is 5.35. The lowest BCUT2D eigenvalue weighted by molar-refractivity contribution is -0.117. The standard InChI is InChI=1S/C14H17NO/c1-3-4-8-12(2)14(16)15-11-13-9-6-5-7-10-13/h3-10H,11H2,1-2H3,(H,15,16)/b4-3+,12-8+. The maximum atomic E-state index is 11.6. The monoisotopic (exact) mass is 215 g/mol. The zero-order valence-electron chi connectivity index (χ0n) is 9.73. The van der Waals surface area contributed by atoms with E-state index in [1.807, 2.05) is 49.4 Å². The first-order valence-corrected chi connectivity index (χ1v) is 5.35. The van der Waals surface area contributed by atoms with Crippen molar-refractivity contribution < 1.29 is 4.79 Å². The zero-order chi connectivity index (χ0) is 11.8. The lowest BCUT2D eigenvalue weighted by atomic mass is 10.2. The van der Waals surface area contributed by atoms with Crippen LogP contribution in [0.2, 0.25) is 0 Å². The Morgan fingerprint density at radius 2 is 2.00 bits per heavy atom. The van der Waals surface area contributed by atoms with Crippen LogP contribution in [0.3, 0.4) is 0 Å². The van der Waals surface area contributed by atoms with Crippen LogP contribution in [0.1, 0.15) is 19.4 Å². The van der Waals surface area contributed by atoms with Crippen LogP contribution in [0.15, 0.2) is 54.1 Å². The third-order valence-corrected chi connectivity index (χ3v) is 2.19. The van der Waals surface area contributed by atoms with E-state index in [0.29, 0.717) is 12.1 Å². The van der Waals surface area contributed by atoms with Crippen LogP contribution >= 0.6 is 0 Å². The molecule has 0 heterocycles. The fraction of sp³-hybridized carbons (Fsp3) is 0.214. The van der Waals surface area contributed by atoms with Crippen LogP contribution in [0.4, 0.5) is 0 Å². The minimum atomic E-state index is -0.0260. The van der Waals surface area contributed by atoms with Crippen molar-refractivity contribution in [2.24, 2.45) is 0 Å². The molecule has 16 heavy (non-hydrogen) atoms. The topological polar surface area (TPSA) is 29.1 Å². The highest BCUT2D eigenvalue weighted by Gasteiger charge is 2.01. The summed E-state index contributed by atoms with van der Waals surface area (Å²) in [6.07, 6.45) is 5.56. The van der Waals surface area contributed by atoms with Crippen LogP contribution in [0.5, 0.6) is 0 Å². The van der Waals surface area contributed by atoms with Crippen LogP contribution < -0.4 is 5.32 Å². The summed E-state index contributed by atoms with van der Waals surface area (Å²) in [7, 11) is 0. The van der Waals surface area contributed by atoms with Gasteiger partial charge in [0.1, 0.15) is 0 Å². The van der Waals surface area contributed by atoms with E-state index in [4.69, 9.17) is 0 Å². The van der Waals surface area contributed by atoms with Gasteiger partial charge in [0.05, 0.1) is 0 Å². The molecule has 0 saturated heterocycles. The van der Waals surface area contributed by atoms with Gasteiger partial charge in [0.25, 0.3) is 0 Å². The molecular weight excluding hydrogens is 198 g/mol. The van der Waals surface area contributed by atoms with Crippen molar-refractivity contribution in [3.63, 3.8) is 0 Å². The maximum absolute atomic E-state index is 11.6. The third kappa shape index (κ3) is 4.13. The highest BCUT2D eigenvalue weighted by Crippen LogP contribution is 1.99. The molecule has 1 aromatic rings. The van der Waals surface area contributed by atoms with Gasteiger partial charge in [0, 0.05) is 12.1 Å². The molecule has 0 radical (unpaired) electrons. The number of hydrogen-bond donors (Lipinski definition) is 1. The summed E-state index contributed by atoms with van der Waals surface area (Å²) in [4.78, 5) is 11.6. The molecule has 0 unspecified atom stereocenters. The lowest BCUT2D eigenvalue weighted by Crippen LogP contribution is -2.23. The van der Waals surface area contributed by atoms with E-state index in [-0.39, 0.29) is 5.91 Å². The molecule has 84 valence electrons. The zero-order valence-corrected chi connectivity index (χ0v) is 9.73. The fourth-order valence-corrected chi connectivity index (χ4v) is 1.23. The Morgan fingerprint density at radius 1 is 1.31 bits per heavy atom. The Labute approximate surface area is 96.7 Å². The van der Waals surface area contributed by atoms with Crippen molar-refractivity contribution in [2.45, 2.75) is 20.4 Å². The number of benzene rings is 1. The SMILES string of the molecule is C/C=C/C=C(\C)C(=O)NCc1ccccc1. The van der Waals surface area contributed by atoms with Crippen LogP contribution in [-0.2, 0) is 11.3 Å². The van der Waals surface area contributed by atoms with Gasteiger partial charge in [0.15, 0.2) is 0 Å². The van der Waals surface area contributed by atoms with E-state index in [2.05, 4.69) is 5.32 Å². The van der Waals surface area contributed by atoms with Gasteiger partial charge >= 0.3 is 0 Å². The molecule has 0 spiro atoms. The van der Waals surface area contributed by atoms with Crippen LogP contribution in [0, 0.1) is 0 Å². The number of nitrogens with one attached hydrogen (secondary N) is 1. The fourth-order valence-electron chi connectivity index (χ4n) is 1.23. The Hall–Kier alpha value is -1.83. The van der Waals surface area contributed by atoms with E-state index in [0.717, 1.165) is 5.56 Å². The molecular formula is C14H17NO. The molecule has 0 aliphatic carbocycles. The molecule has 1 N–H and O–H groups in total. The highest BCUT2D eigenvalue weighted by atomic mass is 16.1. The van der Waals surface area contributed by atoms with Gasteiger partial charge < -0.3 is 5.32 Å². The summed E-state index contributed by atoms with van der Waals surface area (Å²) < 4.78 is 0. The van der Waals surface area contributed by atoms with Gasteiger partial charge in [-0.15, -0.1) is 0 Å². The van der Waals surface area contributed by atoms with Crippen molar-refractivity contribution in [2.75, 3.05) is 0 Å². The summed E-state index contributed by atoms with van der Waals surface area (Å²) in [5.74, 6) is -0.0260. The normalized spacial score (nSPS) is 11.8.